The fourth-order valence-electron chi connectivity index (χ4n) is 6.06. The Balaban J connectivity index is 1.61. The summed E-state index contributed by atoms with van der Waals surface area (Å²) in [4.78, 5) is 25.3. The van der Waals surface area contributed by atoms with Gasteiger partial charge in [-0.3, -0.25) is 4.79 Å². The van der Waals surface area contributed by atoms with E-state index in [-0.39, 0.29) is 24.8 Å². The summed E-state index contributed by atoms with van der Waals surface area (Å²) in [5.41, 5.74) is 0.476. The lowest BCUT2D eigenvalue weighted by Gasteiger charge is -2.61. The molecule has 0 unspecified atom stereocenters. The van der Waals surface area contributed by atoms with Crippen LogP contribution in [0.2, 0.25) is 0 Å². The number of benzene rings is 1. The minimum absolute atomic E-state index is 0.156. The molecule has 9 nitrogen and oxygen atoms in total. The molecule has 2 heterocycles. The van der Waals surface area contributed by atoms with Gasteiger partial charge in [0.05, 0.1) is 24.0 Å². The number of carbonyl (C=O) groups is 2. The molecule has 5 atom stereocenters. The molecule has 4 aliphatic rings. The van der Waals surface area contributed by atoms with Gasteiger partial charge in [-0.25, -0.2) is 4.79 Å². The van der Waals surface area contributed by atoms with Gasteiger partial charge in [0.1, 0.15) is 11.5 Å². The Morgan fingerprint density at radius 1 is 1.39 bits per heavy atom. The number of hydrogen-bond donors (Lipinski definition) is 4. The van der Waals surface area contributed by atoms with Crippen molar-refractivity contribution in [3.05, 3.63) is 40.7 Å². The van der Waals surface area contributed by atoms with E-state index in [0.29, 0.717) is 30.7 Å². The number of esters is 1. The molecule has 1 aromatic rings. The fraction of sp³-hybridized carbons (Fsp3) is 0.545. The average molecular weight is 431 g/mol. The number of piperidine rings is 1. The molecule has 9 heteroatoms. The van der Waals surface area contributed by atoms with Gasteiger partial charge >= 0.3 is 11.9 Å². The van der Waals surface area contributed by atoms with E-state index in [1.165, 1.54) is 0 Å². The highest BCUT2D eigenvalue weighted by Gasteiger charge is 2.71. The molecule has 0 saturated carbocycles. The van der Waals surface area contributed by atoms with E-state index in [2.05, 4.69) is 4.90 Å². The van der Waals surface area contributed by atoms with Gasteiger partial charge in [0.15, 0.2) is 12.2 Å². The van der Waals surface area contributed by atoms with Crippen LogP contribution in [0.3, 0.4) is 0 Å². The Bertz CT molecular complexity index is 1010. The lowest BCUT2D eigenvalue weighted by Crippen LogP contribution is -2.74. The zero-order valence-electron chi connectivity index (χ0n) is 17.1. The Morgan fingerprint density at radius 3 is 2.87 bits per heavy atom. The van der Waals surface area contributed by atoms with Crippen LogP contribution >= 0.6 is 0 Å². The van der Waals surface area contributed by atoms with E-state index >= 15 is 0 Å². The maximum atomic E-state index is 12.4. The van der Waals surface area contributed by atoms with E-state index in [1.54, 1.807) is 6.08 Å². The molecule has 1 aromatic carbocycles. The zero-order chi connectivity index (χ0) is 22.1. The lowest BCUT2D eigenvalue weighted by atomic mass is 9.50. The van der Waals surface area contributed by atoms with Crippen molar-refractivity contribution in [3.8, 4) is 5.75 Å². The lowest BCUT2D eigenvalue weighted by molar-refractivity contribution is -0.173. The van der Waals surface area contributed by atoms with Crippen LogP contribution in [0.1, 0.15) is 36.0 Å². The normalized spacial score (nSPS) is 33.7. The largest absolute Gasteiger partial charge is 0.481 e. The number of carboxylic acid groups (broad SMARTS) is 1. The second-order valence-corrected chi connectivity index (χ2v) is 8.94. The Morgan fingerprint density at radius 2 is 2.16 bits per heavy atom. The topological polar surface area (TPSA) is 137 Å². The summed E-state index contributed by atoms with van der Waals surface area (Å²) in [5, 5.41) is 40.6. The van der Waals surface area contributed by atoms with Crippen LogP contribution in [0.25, 0.3) is 0 Å². The number of carbonyl (C=O) groups excluding carboxylic acids is 1. The number of likely N-dealkylation sites (tertiary alicyclic amines) is 1. The van der Waals surface area contributed by atoms with Gasteiger partial charge in [-0.05, 0) is 38.1 Å². The Labute approximate surface area is 178 Å². The second kappa shape index (κ2) is 6.77. The summed E-state index contributed by atoms with van der Waals surface area (Å²) in [6, 6.07) is 3.62. The highest BCUT2D eigenvalue weighted by atomic mass is 16.6. The summed E-state index contributed by atoms with van der Waals surface area (Å²) in [6.45, 7) is 0.473. The van der Waals surface area contributed by atoms with Gasteiger partial charge in [0.2, 0.25) is 0 Å². The van der Waals surface area contributed by atoms with Crippen molar-refractivity contribution in [2.24, 2.45) is 0 Å². The van der Waals surface area contributed by atoms with E-state index in [4.69, 9.17) is 14.6 Å². The minimum Gasteiger partial charge on any atom is -0.481 e. The monoisotopic (exact) mass is 431 g/mol. The highest BCUT2D eigenvalue weighted by Crippen LogP contribution is 2.64. The first-order valence-corrected chi connectivity index (χ1v) is 10.4. The maximum Gasteiger partial charge on any atom is 0.340 e. The van der Waals surface area contributed by atoms with Crippen LogP contribution in [0.15, 0.2) is 24.0 Å². The molecule has 1 spiro atoms. The summed E-state index contributed by atoms with van der Waals surface area (Å²) >= 11 is 0. The molecular weight excluding hydrogens is 406 g/mol. The summed E-state index contributed by atoms with van der Waals surface area (Å²) in [7, 11) is 1.98. The third-order valence-electron chi connectivity index (χ3n) is 7.48. The molecule has 5 rings (SSSR count). The number of nitrogens with zero attached hydrogens (tertiary/aromatic N) is 1. The van der Waals surface area contributed by atoms with E-state index in [1.807, 2.05) is 19.2 Å². The van der Waals surface area contributed by atoms with Crippen molar-refractivity contribution >= 4 is 11.9 Å². The van der Waals surface area contributed by atoms with Crippen LogP contribution in [-0.2, 0) is 32.8 Å². The third-order valence-corrected chi connectivity index (χ3v) is 7.48. The molecule has 2 bridgehead atoms. The zero-order valence-corrected chi connectivity index (χ0v) is 17.1. The molecule has 0 radical (unpaired) electrons. The van der Waals surface area contributed by atoms with Crippen LogP contribution < -0.4 is 4.74 Å². The van der Waals surface area contributed by atoms with E-state index in [9.17, 15) is 24.9 Å². The highest BCUT2D eigenvalue weighted by molar-refractivity contribution is 5.81. The van der Waals surface area contributed by atoms with Gasteiger partial charge in [-0.15, -0.1) is 0 Å². The number of aliphatic carboxylic acids is 1. The van der Waals surface area contributed by atoms with Gasteiger partial charge in [0, 0.05) is 23.6 Å². The summed E-state index contributed by atoms with van der Waals surface area (Å²) in [5.74, 6) is -1.71. The number of rotatable bonds is 5. The van der Waals surface area contributed by atoms with Crippen molar-refractivity contribution in [1.82, 2.24) is 4.90 Å². The Kier molecular flexibility index (Phi) is 4.46. The molecule has 2 aliphatic carbocycles. The van der Waals surface area contributed by atoms with Crippen LogP contribution in [0.5, 0.6) is 5.75 Å². The molecule has 2 aliphatic heterocycles. The van der Waals surface area contributed by atoms with Crippen molar-refractivity contribution < 1.29 is 39.5 Å². The van der Waals surface area contributed by atoms with Gasteiger partial charge < -0.3 is 34.8 Å². The SMILES string of the molecule is CN1CC[C@]23c4c5ccc(CO)c4O[C@H]2C(OC(=O)[C@@H](O)CC(=O)O)=CC[C@@]3(O)[C@H]1C5. The molecule has 4 N–H and O–H groups in total. The number of carboxylic acids is 1. The number of aliphatic hydroxyl groups excluding tert-OH is 2. The average Bonchev–Trinajstić information content (AvgIpc) is 3.07. The van der Waals surface area contributed by atoms with Crippen LogP contribution in [-0.4, -0.2) is 74.7 Å². The van der Waals surface area contributed by atoms with Crippen molar-refractivity contribution in [1.29, 1.82) is 0 Å². The van der Waals surface area contributed by atoms with E-state index in [0.717, 1.165) is 11.1 Å². The predicted octanol–water partition coefficient (Wildman–Crippen LogP) is -0.165. The molecular formula is C22H25NO8. The Hall–Kier alpha value is -2.46. The van der Waals surface area contributed by atoms with Crippen molar-refractivity contribution in [3.63, 3.8) is 0 Å². The molecule has 31 heavy (non-hydrogen) atoms. The molecule has 0 amide bonds. The summed E-state index contributed by atoms with van der Waals surface area (Å²) < 4.78 is 11.7. The number of aliphatic hydroxyl groups is 3. The number of likely N-dealkylation sites (N-methyl/N-ethyl adjacent to an activating group) is 1. The molecule has 1 fully saturated rings. The third kappa shape index (κ3) is 2.57. The first kappa shape index (κ1) is 20.4. The van der Waals surface area contributed by atoms with Crippen LogP contribution in [0.4, 0.5) is 0 Å². The van der Waals surface area contributed by atoms with Crippen LogP contribution in [0, 0.1) is 0 Å². The molecule has 1 saturated heterocycles. The van der Waals surface area contributed by atoms with Gasteiger partial charge in [-0.1, -0.05) is 12.1 Å². The second-order valence-electron chi connectivity index (χ2n) is 8.94. The van der Waals surface area contributed by atoms with Gasteiger partial charge in [-0.2, -0.15) is 0 Å². The van der Waals surface area contributed by atoms with Crippen molar-refractivity contribution in [2.75, 3.05) is 13.6 Å². The predicted molar refractivity (Wildman–Crippen MR) is 105 cm³/mol. The maximum absolute atomic E-state index is 12.4. The molecule has 0 aromatic heterocycles. The first-order valence-electron chi connectivity index (χ1n) is 10.4. The number of ether oxygens (including phenoxy) is 2. The molecule has 166 valence electrons. The van der Waals surface area contributed by atoms with Crippen molar-refractivity contribution in [2.45, 2.75) is 61.6 Å². The summed E-state index contributed by atoms with van der Waals surface area (Å²) in [6.07, 6.45) is -0.358. The quantitative estimate of drug-likeness (QED) is 0.469. The first-order chi connectivity index (χ1) is 14.7. The van der Waals surface area contributed by atoms with Gasteiger partial charge in [0.25, 0.3) is 0 Å². The minimum atomic E-state index is -1.80. The number of hydrogen-bond acceptors (Lipinski definition) is 8. The van der Waals surface area contributed by atoms with E-state index < -0.39 is 41.6 Å². The fourth-order valence-corrected chi connectivity index (χ4v) is 6.06. The smallest absolute Gasteiger partial charge is 0.340 e. The standard InChI is InChI=1S/C22H25NO8/c1-23-7-6-21-17-11-2-3-12(10-24)18(17)31-19(21)14(4-5-22(21,29)15(23)8-11)30-20(28)13(25)9-16(26)27/h2-4,13,15,19,24-25,29H,5-10H2,1H3,(H,26,27)/t13-,15+,19-,21-,22+/m0/s1.